The van der Waals surface area contributed by atoms with Gasteiger partial charge in [-0.05, 0) is 24.8 Å². The maximum Gasteiger partial charge on any atom is 0.317 e. The van der Waals surface area contributed by atoms with Crippen LogP contribution in [0.1, 0.15) is 37.0 Å². The smallest absolute Gasteiger partial charge is 0.317 e. The molecule has 25 heavy (non-hydrogen) atoms. The number of nitrogens with one attached hydrogen (secondary N) is 1. The average molecular weight is 339 g/mol. The Morgan fingerprint density at radius 1 is 1.20 bits per heavy atom. The molecule has 2 bridgehead atoms. The topological polar surface area (TPSA) is 63.1 Å². The zero-order chi connectivity index (χ0) is 17.2. The molecule has 2 aliphatic rings. The molecule has 2 amide bonds. The molecule has 0 radical (unpaired) electrons. The van der Waals surface area contributed by atoms with Gasteiger partial charge in [-0.3, -0.25) is 0 Å². The summed E-state index contributed by atoms with van der Waals surface area (Å²) in [7, 11) is 0. The Kier molecular flexibility index (Phi) is 4.42. The maximum absolute atomic E-state index is 12.8. The van der Waals surface area contributed by atoms with Gasteiger partial charge in [0, 0.05) is 32.0 Å². The van der Waals surface area contributed by atoms with Crippen LogP contribution in [-0.2, 0) is 25.8 Å². The van der Waals surface area contributed by atoms with Crippen molar-refractivity contribution in [2.24, 2.45) is 0 Å². The van der Waals surface area contributed by atoms with Gasteiger partial charge >= 0.3 is 6.03 Å². The van der Waals surface area contributed by atoms with Crippen molar-refractivity contribution in [3.05, 3.63) is 47.5 Å². The largest absolute Gasteiger partial charge is 0.338 e. The van der Waals surface area contributed by atoms with Gasteiger partial charge in [-0.15, -0.1) is 10.2 Å². The molecule has 1 aromatic carbocycles. The third kappa shape index (κ3) is 3.13. The van der Waals surface area contributed by atoms with Gasteiger partial charge in [0.25, 0.3) is 0 Å². The van der Waals surface area contributed by atoms with Gasteiger partial charge in [-0.25, -0.2) is 4.79 Å². The van der Waals surface area contributed by atoms with Gasteiger partial charge in [-0.2, -0.15) is 0 Å². The molecule has 2 aromatic rings. The Morgan fingerprint density at radius 2 is 2.00 bits per heavy atom. The fourth-order valence-corrected chi connectivity index (χ4v) is 4.14. The van der Waals surface area contributed by atoms with E-state index in [0.29, 0.717) is 6.54 Å². The van der Waals surface area contributed by atoms with Gasteiger partial charge in [0.15, 0.2) is 0 Å². The average Bonchev–Trinajstić information content (AvgIpc) is 3.15. The fourth-order valence-electron chi connectivity index (χ4n) is 4.14. The van der Waals surface area contributed by atoms with E-state index in [1.165, 1.54) is 5.56 Å². The molecule has 1 saturated heterocycles. The molecule has 132 valence electrons. The first-order chi connectivity index (χ1) is 12.3. The molecule has 1 N–H and O–H groups in total. The number of aryl methyl sites for hydroxylation is 1. The summed E-state index contributed by atoms with van der Waals surface area (Å²) >= 11 is 0. The quantitative estimate of drug-likeness (QED) is 0.929. The van der Waals surface area contributed by atoms with Crippen LogP contribution in [0.2, 0.25) is 0 Å². The van der Waals surface area contributed by atoms with Crippen LogP contribution < -0.4 is 5.32 Å². The number of aromatic nitrogens is 3. The van der Waals surface area contributed by atoms with Crippen molar-refractivity contribution in [3.8, 4) is 0 Å². The van der Waals surface area contributed by atoms with E-state index in [1.54, 1.807) is 0 Å². The minimum absolute atomic E-state index is 0.0696. The lowest BCUT2D eigenvalue weighted by molar-refractivity contribution is 0.171. The molecular formula is C19H25N5O. The Balaban J connectivity index is 1.41. The first-order valence-electron chi connectivity index (χ1n) is 9.27. The zero-order valence-electron chi connectivity index (χ0n) is 14.7. The lowest BCUT2D eigenvalue weighted by Gasteiger charge is -2.28. The van der Waals surface area contributed by atoms with E-state index >= 15 is 0 Å². The monoisotopic (exact) mass is 339 g/mol. The van der Waals surface area contributed by atoms with E-state index in [-0.39, 0.29) is 18.1 Å². The van der Waals surface area contributed by atoms with E-state index in [2.05, 4.69) is 44.0 Å². The first kappa shape index (κ1) is 16.1. The van der Waals surface area contributed by atoms with E-state index in [4.69, 9.17) is 0 Å². The summed E-state index contributed by atoms with van der Waals surface area (Å²) < 4.78 is 2.23. The van der Waals surface area contributed by atoms with E-state index in [1.807, 2.05) is 18.2 Å². The Bertz CT molecular complexity index is 742. The molecule has 2 atom stereocenters. The highest BCUT2D eigenvalue weighted by molar-refractivity contribution is 5.75. The summed E-state index contributed by atoms with van der Waals surface area (Å²) in [6.07, 6.45) is 4.69. The Labute approximate surface area is 148 Å². The van der Waals surface area contributed by atoms with Crippen LogP contribution in [0.25, 0.3) is 0 Å². The van der Waals surface area contributed by atoms with Gasteiger partial charge in [-0.1, -0.05) is 37.3 Å². The van der Waals surface area contributed by atoms with Crippen molar-refractivity contribution < 1.29 is 4.79 Å². The second-order valence-corrected chi connectivity index (χ2v) is 6.96. The predicted molar refractivity (Wildman–Crippen MR) is 95.3 cm³/mol. The van der Waals surface area contributed by atoms with Crippen LogP contribution in [0.3, 0.4) is 0 Å². The van der Waals surface area contributed by atoms with Crippen LogP contribution in [0.5, 0.6) is 0 Å². The van der Waals surface area contributed by atoms with Gasteiger partial charge in [0.05, 0.1) is 6.04 Å². The molecule has 0 unspecified atom stereocenters. The summed E-state index contributed by atoms with van der Waals surface area (Å²) in [5.74, 6) is 2.07. The van der Waals surface area contributed by atoms with Crippen LogP contribution >= 0.6 is 0 Å². The lowest BCUT2D eigenvalue weighted by atomic mass is 10.1. The minimum atomic E-state index is 0.0696. The fraction of sp³-hybridized carbons (Fsp3) is 0.526. The van der Waals surface area contributed by atoms with Gasteiger partial charge in [0.1, 0.15) is 11.6 Å². The summed E-state index contributed by atoms with van der Waals surface area (Å²) in [6, 6.07) is 10.8. The summed E-state index contributed by atoms with van der Waals surface area (Å²) in [5, 5.41) is 11.8. The Morgan fingerprint density at radius 3 is 2.80 bits per heavy atom. The molecule has 1 fully saturated rings. The maximum atomic E-state index is 12.8. The SMILES string of the molecule is CCc1nnc2n1C[C@H]1CC[C@@H](C2)N1C(=O)NCCc1ccccc1. The second-order valence-electron chi connectivity index (χ2n) is 6.96. The standard InChI is InChI=1S/C19H25N5O/c1-2-17-21-22-18-12-15-8-9-16(13-23(17)18)24(15)19(25)20-11-10-14-6-4-3-5-7-14/h3-7,15-16H,2,8-13H2,1H3,(H,20,25)/t15-,16+/m0/s1. The van der Waals surface area contributed by atoms with Crippen LogP contribution in [0.15, 0.2) is 30.3 Å². The van der Waals surface area contributed by atoms with Crippen LogP contribution in [0.4, 0.5) is 4.79 Å². The first-order valence-corrected chi connectivity index (χ1v) is 9.27. The van der Waals surface area contributed by atoms with Crippen molar-refractivity contribution in [2.45, 2.75) is 57.7 Å². The third-order valence-electron chi connectivity index (χ3n) is 5.42. The zero-order valence-corrected chi connectivity index (χ0v) is 14.7. The molecule has 3 heterocycles. The molecule has 0 spiro atoms. The number of rotatable bonds is 4. The van der Waals surface area contributed by atoms with Gasteiger partial charge in [0.2, 0.25) is 0 Å². The number of nitrogens with zero attached hydrogens (tertiary/aromatic N) is 4. The van der Waals surface area contributed by atoms with Crippen molar-refractivity contribution in [3.63, 3.8) is 0 Å². The molecule has 6 heteroatoms. The number of urea groups is 1. The predicted octanol–water partition coefficient (Wildman–Crippen LogP) is 2.18. The lowest BCUT2D eigenvalue weighted by Crippen LogP contribution is -2.48. The van der Waals surface area contributed by atoms with Crippen LogP contribution in [0, 0.1) is 0 Å². The molecule has 4 rings (SSSR count). The highest BCUT2D eigenvalue weighted by atomic mass is 16.2. The molecule has 0 saturated carbocycles. The summed E-state index contributed by atoms with van der Waals surface area (Å²) in [4.78, 5) is 14.9. The number of hydrogen-bond acceptors (Lipinski definition) is 3. The number of amides is 2. The van der Waals surface area contributed by atoms with E-state index in [9.17, 15) is 4.79 Å². The molecule has 0 aliphatic carbocycles. The molecule has 6 nitrogen and oxygen atoms in total. The number of carbonyl (C=O) groups is 1. The minimum Gasteiger partial charge on any atom is -0.338 e. The van der Waals surface area contributed by atoms with Crippen molar-refractivity contribution in [1.29, 1.82) is 0 Å². The third-order valence-corrected chi connectivity index (χ3v) is 5.42. The van der Waals surface area contributed by atoms with Crippen molar-refractivity contribution in [1.82, 2.24) is 25.0 Å². The van der Waals surface area contributed by atoms with Crippen LogP contribution in [-0.4, -0.2) is 44.3 Å². The second kappa shape index (κ2) is 6.86. The molecule has 1 aromatic heterocycles. The number of hydrogen-bond donors (Lipinski definition) is 1. The van der Waals surface area contributed by atoms with Gasteiger partial charge < -0.3 is 14.8 Å². The Hall–Kier alpha value is -2.37. The molecule has 2 aliphatic heterocycles. The summed E-state index contributed by atoms with van der Waals surface area (Å²) in [5.41, 5.74) is 1.25. The number of fused-ring (bicyclic) bond motifs is 3. The highest BCUT2D eigenvalue weighted by Gasteiger charge is 2.40. The van der Waals surface area contributed by atoms with Crippen molar-refractivity contribution in [2.75, 3.05) is 6.54 Å². The number of benzene rings is 1. The summed E-state index contributed by atoms with van der Waals surface area (Å²) in [6.45, 7) is 3.60. The van der Waals surface area contributed by atoms with E-state index < -0.39 is 0 Å². The van der Waals surface area contributed by atoms with Crippen molar-refractivity contribution >= 4 is 6.03 Å². The van der Waals surface area contributed by atoms with E-state index in [0.717, 1.165) is 50.3 Å². The number of carbonyl (C=O) groups excluding carboxylic acids is 1. The normalized spacial score (nSPS) is 21.7. The molecular weight excluding hydrogens is 314 g/mol. The highest BCUT2D eigenvalue weighted by Crippen LogP contribution is 2.31.